The molecule has 1 N–H and O–H groups in total. The van der Waals surface area contributed by atoms with Crippen LogP contribution in [0.5, 0.6) is 0 Å². The maximum absolute atomic E-state index is 13.6. The third kappa shape index (κ3) is 7.04. The van der Waals surface area contributed by atoms with Crippen LogP contribution >= 0.6 is 35.6 Å². The highest BCUT2D eigenvalue weighted by Crippen LogP contribution is 2.47. The van der Waals surface area contributed by atoms with E-state index in [9.17, 15) is 36.2 Å². The van der Waals surface area contributed by atoms with Gasteiger partial charge in [-0.1, -0.05) is 53.5 Å². The zero-order valence-electron chi connectivity index (χ0n) is 25.5. The molecule has 1 amide bonds. The molecule has 1 unspecified atom stereocenters. The Morgan fingerprint density at radius 2 is 1.54 bits per heavy atom. The number of hydrogen-bond acceptors (Lipinski definition) is 4. The molecule has 3 aliphatic rings. The van der Waals surface area contributed by atoms with Gasteiger partial charge in [-0.2, -0.15) is 26.3 Å². The monoisotopic (exact) mass is 736 g/mol. The number of amides is 1. The molecule has 2 atom stereocenters. The molecule has 2 heterocycles. The summed E-state index contributed by atoms with van der Waals surface area (Å²) in [4.78, 5) is 17.1. The number of alkyl halides is 6. The Balaban J connectivity index is 0.00000451. The smallest absolute Gasteiger partial charge is 0.392 e. The number of likely N-dealkylation sites (tertiary alicyclic amines) is 1. The molecular weight excluding hydrogens is 705 g/mol. The lowest BCUT2D eigenvalue weighted by atomic mass is 9.72. The van der Waals surface area contributed by atoms with Crippen LogP contribution in [-0.2, 0) is 34.5 Å². The Labute approximate surface area is 290 Å². The highest BCUT2D eigenvalue weighted by Gasteiger charge is 2.48. The van der Waals surface area contributed by atoms with Crippen molar-refractivity contribution in [3.8, 4) is 0 Å². The van der Waals surface area contributed by atoms with Crippen molar-refractivity contribution in [1.82, 2.24) is 9.80 Å². The van der Waals surface area contributed by atoms with E-state index >= 15 is 0 Å². The lowest BCUT2D eigenvalue weighted by Gasteiger charge is -2.46. The summed E-state index contributed by atoms with van der Waals surface area (Å²) in [5, 5.41) is 11.6. The second-order valence-electron chi connectivity index (χ2n) is 12.6. The van der Waals surface area contributed by atoms with Crippen LogP contribution in [0.1, 0.15) is 57.4 Å². The third-order valence-electron chi connectivity index (χ3n) is 9.94. The van der Waals surface area contributed by atoms with E-state index in [-0.39, 0.29) is 53.6 Å². The standard InChI is InChI=1S/C34H32Cl2F6N2O3.ClH/c35-27-6-5-23(19-28(27)36)32(9-12-43-10-7-31(8-11-43)26-4-2-1-3-21(26)17-29(31)45)20-44(13-14-47-32)30(46)22-15-24(33(37,38)39)18-25(16-22)34(40,41)42;/h1-6,15-16,18-19,29,45H,7-14,17,20H2;1H/t29?,32-;/m0./s1. The highest BCUT2D eigenvalue weighted by atomic mass is 35.5. The summed E-state index contributed by atoms with van der Waals surface area (Å²) < 4.78 is 87.8. The van der Waals surface area contributed by atoms with Crippen LogP contribution in [0.25, 0.3) is 0 Å². The summed E-state index contributed by atoms with van der Waals surface area (Å²) in [6.07, 6.45) is -8.20. The zero-order chi connectivity index (χ0) is 33.8. The highest BCUT2D eigenvalue weighted by molar-refractivity contribution is 6.42. The predicted molar refractivity (Wildman–Crippen MR) is 172 cm³/mol. The zero-order valence-corrected chi connectivity index (χ0v) is 27.8. The Hall–Kier alpha value is -2.54. The van der Waals surface area contributed by atoms with E-state index in [1.807, 2.05) is 12.1 Å². The Morgan fingerprint density at radius 3 is 2.17 bits per heavy atom. The summed E-state index contributed by atoms with van der Waals surface area (Å²) in [6.45, 7) is 1.71. The van der Waals surface area contributed by atoms with Crippen LogP contribution in [0, 0.1) is 0 Å². The van der Waals surface area contributed by atoms with Crippen molar-refractivity contribution < 1.29 is 41.0 Å². The number of nitrogens with zero attached hydrogens (tertiary/aromatic N) is 2. The first-order chi connectivity index (χ1) is 22.1. The van der Waals surface area contributed by atoms with Gasteiger partial charge in [0.2, 0.25) is 0 Å². The molecule has 0 bridgehead atoms. The maximum atomic E-state index is 13.6. The van der Waals surface area contributed by atoms with Crippen molar-refractivity contribution in [3.05, 3.63) is 104 Å². The first-order valence-electron chi connectivity index (χ1n) is 15.3. The SMILES string of the molecule is Cl.O=C(c1cc(C(F)(F)F)cc(C(F)(F)F)c1)N1CCO[C@](CCN2CCC3(CC2)c2ccccc2CC3O)(c2ccc(Cl)c(Cl)c2)C1. The molecule has 5 nitrogen and oxygen atoms in total. The molecule has 0 aromatic heterocycles. The van der Waals surface area contributed by atoms with Crippen molar-refractivity contribution in [2.75, 3.05) is 39.3 Å². The molecule has 0 radical (unpaired) electrons. The number of morpholine rings is 1. The Kier molecular flexibility index (Phi) is 10.4. The number of carbonyl (C=O) groups is 1. The quantitative estimate of drug-likeness (QED) is 0.269. The molecule has 3 aromatic rings. The Morgan fingerprint density at radius 1 is 0.896 bits per heavy atom. The minimum atomic E-state index is -5.09. The van der Waals surface area contributed by atoms with E-state index < -0.39 is 46.7 Å². The lowest BCUT2D eigenvalue weighted by molar-refractivity contribution is -0.143. The minimum Gasteiger partial charge on any atom is -0.392 e. The first kappa shape index (κ1) is 36.7. The molecule has 2 aliphatic heterocycles. The summed E-state index contributed by atoms with van der Waals surface area (Å²) in [5.74, 6) is -0.969. The van der Waals surface area contributed by atoms with E-state index in [1.54, 1.807) is 18.2 Å². The number of hydrogen-bond donors (Lipinski definition) is 1. The number of ether oxygens (including phenoxy) is 1. The predicted octanol–water partition coefficient (Wildman–Crippen LogP) is 8.16. The van der Waals surface area contributed by atoms with Crippen LogP contribution in [0.2, 0.25) is 10.0 Å². The number of rotatable bonds is 5. The molecule has 260 valence electrons. The van der Waals surface area contributed by atoms with Gasteiger partial charge in [-0.3, -0.25) is 4.79 Å². The number of aliphatic hydroxyl groups excluding tert-OH is 1. The number of halogens is 9. The van der Waals surface area contributed by atoms with E-state index in [0.717, 1.165) is 18.4 Å². The summed E-state index contributed by atoms with van der Waals surface area (Å²) in [7, 11) is 0. The largest absolute Gasteiger partial charge is 0.416 e. The summed E-state index contributed by atoms with van der Waals surface area (Å²) in [6, 6.07) is 13.9. The second kappa shape index (κ2) is 13.6. The molecule has 2 saturated heterocycles. The van der Waals surface area contributed by atoms with Crippen molar-refractivity contribution in [2.45, 2.75) is 55.2 Å². The van der Waals surface area contributed by atoms with Crippen LogP contribution in [0.15, 0.2) is 60.7 Å². The van der Waals surface area contributed by atoms with Crippen LogP contribution in [-0.4, -0.2) is 66.2 Å². The topological polar surface area (TPSA) is 53.0 Å². The van der Waals surface area contributed by atoms with Gasteiger partial charge in [-0.15, -0.1) is 12.4 Å². The molecule has 2 fully saturated rings. The molecular formula is C34H33Cl3F6N2O3. The van der Waals surface area contributed by atoms with E-state index in [0.29, 0.717) is 50.2 Å². The number of fused-ring (bicyclic) bond motifs is 2. The first-order valence-corrected chi connectivity index (χ1v) is 16.0. The Bertz CT molecular complexity index is 1630. The fourth-order valence-electron chi connectivity index (χ4n) is 7.35. The molecule has 1 aliphatic carbocycles. The number of aliphatic hydroxyl groups is 1. The van der Waals surface area contributed by atoms with Crippen LogP contribution in [0.4, 0.5) is 26.3 Å². The lowest BCUT2D eigenvalue weighted by Crippen LogP contribution is -2.54. The van der Waals surface area contributed by atoms with E-state index in [1.165, 1.54) is 10.5 Å². The normalized spacial score (nSPS) is 22.8. The molecule has 3 aromatic carbocycles. The summed E-state index contributed by atoms with van der Waals surface area (Å²) >= 11 is 12.6. The molecule has 14 heteroatoms. The fourth-order valence-corrected chi connectivity index (χ4v) is 7.65. The third-order valence-corrected chi connectivity index (χ3v) is 10.7. The molecule has 0 saturated carbocycles. The fraction of sp³-hybridized carbons (Fsp3) is 0.441. The van der Waals surface area contributed by atoms with Crippen molar-refractivity contribution in [3.63, 3.8) is 0 Å². The van der Waals surface area contributed by atoms with Gasteiger partial charge in [0, 0.05) is 24.1 Å². The van der Waals surface area contributed by atoms with E-state index in [4.69, 9.17) is 27.9 Å². The van der Waals surface area contributed by atoms with Crippen molar-refractivity contribution >= 4 is 41.5 Å². The minimum absolute atomic E-state index is 0. The molecule has 6 rings (SSSR count). The van der Waals surface area contributed by atoms with Gasteiger partial charge in [0.1, 0.15) is 5.60 Å². The average Bonchev–Trinajstić information content (AvgIpc) is 3.31. The summed E-state index contributed by atoms with van der Waals surface area (Å²) in [5.41, 5.74) is -2.39. The second-order valence-corrected chi connectivity index (χ2v) is 13.4. The number of carbonyl (C=O) groups excluding carboxylic acids is 1. The van der Waals surface area contributed by atoms with Gasteiger partial charge in [-0.05, 0) is 85.8 Å². The van der Waals surface area contributed by atoms with Gasteiger partial charge in [0.25, 0.3) is 5.91 Å². The van der Waals surface area contributed by atoms with Crippen molar-refractivity contribution in [2.24, 2.45) is 0 Å². The van der Waals surface area contributed by atoms with Crippen molar-refractivity contribution in [1.29, 1.82) is 0 Å². The number of piperidine rings is 1. The van der Waals surface area contributed by atoms with Gasteiger partial charge < -0.3 is 19.6 Å². The number of benzene rings is 3. The van der Waals surface area contributed by atoms with Crippen LogP contribution in [0.3, 0.4) is 0 Å². The van der Waals surface area contributed by atoms with E-state index in [2.05, 4.69) is 17.0 Å². The molecule has 1 spiro atoms. The maximum Gasteiger partial charge on any atom is 0.416 e. The molecule has 48 heavy (non-hydrogen) atoms. The van der Waals surface area contributed by atoms with Gasteiger partial charge in [0.05, 0.1) is 40.4 Å². The van der Waals surface area contributed by atoms with Gasteiger partial charge in [0.15, 0.2) is 0 Å². The van der Waals surface area contributed by atoms with Gasteiger partial charge >= 0.3 is 12.4 Å². The average molecular weight is 738 g/mol. The van der Waals surface area contributed by atoms with Crippen LogP contribution < -0.4 is 0 Å². The van der Waals surface area contributed by atoms with Gasteiger partial charge in [-0.25, -0.2) is 0 Å².